The van der Waals surface area contributed by atoms with Crippen LogP contribution in [0.4, 0.5) is 4.39 Å². The Labute approximate surface area is 208 Å². The van der Waals surface area contributed by atoms with E-state index in [1.54, 1.807) is 0 Å². The van der Waals surface area contributed by atoms with Crippen molar-refractivity contribution in [3.63, 3.8) is 0 Å². The van der Waals surface area contributed by atoms with E-state index in [0.29, 0.717) is 37.2 Å². The van der Waals surface area contributed by atoms with Gasteiger partial charge in [-0.2, -0.15) is 4.39 Å². The van der Waals surface area contributed by atoms with Crippen molar-refractivity contribution in [2.75, 3.05) is 0 Å². The lowest BCUT2D eigenvalue weighted by Crippen LogP contribution is -2.35. The smallest absolute Gasteiger partial charge is 0.288 e. The van der Waals surface area contributed by atoms with Crippen LogP contribution in [0.15, 0.2) is 53.3 Å². The molecule has 186 valence electrons. The number of halogens is 1. The molecular weight excluding hydrogens is 459 g/mol. The fourth-order valence-corrected chi connectivity index (χ4v) is 5.11. The van der Waals surface area contributed by atoms with Gasteiger partial charge in [-0.05, 0) is 46.4 Å². The molecule has 2 aromatic heterocycles. The summed E-state index contributed by atoms with van der Waals surface area (Å²) in [4.78, 5) is 26.4. The third kappa shape index (κ3) is 4.53. The number of rotatable bonds is 7. The quantitative estimate of drug-likeness (QED) is 0.401. The van der Waals surface area contributed by atoms with Gasteiger partial charge >= 0.3 is 5.69 Å². The first-order valence-corrected chi connectivity index (χ1v) is 12.5. The Hall–Kier alpha value is -3.88. The van der Waals surface area contributed by atoms with Crippen molar-refractivity contribution in [2.45, 2.75) is 58.4 Å². The molecule has 0 amide bonds. The van der Waals surface area contributed by atoms with Gasteiger partial charge in [0, 0.05) is 11.5 Å². The second-order valence-electron chi connectivity index (χ2n) is 9.36. The van der Waals surface area contributed by atoms with Crippen LogP contribution in [0.2, 0.25) is 0 Å². The summed E-state index contributed by atoms with van der Waals surface area (Å²) < 4.78 is 17.6. The average Bonchev–Trinajstić information content (AvgIpc) is 3.53. The molecule has 1 aliphatic rings. The van der Waals surface area contributed by atoms with Gasteiger partial charge in [0.2, 0.25) is 11.9 Å². The Bertz CT molecular complexity index is 1400. The molecule has 0 saturated heterocycles. The Morgan fingerprint density at radius 2 is 1.78 bits per heavy atom. The number of hydrogen-bond donors (Lipinski definition) is 1. The number of aromatic nitrogens is 6. The summed E-state index contributed by atoms with van der Waals surface area (Å²) in [6, 6.07) is 15.6. The molecule has 0 spiro atoms. The summed E-state index contributed by atoms with van der Waals surface area (Å²) in [5, 5.41) is 14.2. The Morgan fingerprint density at radius 3 is 2.44 bits per heavy atom. The molecular formula is C27H29FN6O2. The number of benzene rings is 2. The van der Waals surface area contributed by atoms with Gasteiger partial charge in [-0.1, -0.05) is 81.1 Å². The van der Waals surface area contributed by atoms with Crippen LogP contribution >= 0.6 is 0 Å². The maximum atomic E-state index is 15.4. The lowest BCUT2D eigenvalue weighted by molar-refractivity contribution is 0.0781. The van der Waals surface area contributed by atoms with E-state index in [9.17, 15) is 9.59 Å². The van der Waals surface area contributed by atoms with Crippen molar-refractivity contribution >= 4 is 5.91 Å². The molecule has 0 bridgehead atoms. The zero-order valence-electron chi connectivity index (χ0n) is 20.3. The van der Waals surface area contributed by atoms with Crippen molar-refractivity contribution in [3.8, 4) is 22.5 Å². The number of carbonyl (C=O) groups is 1. The van der Waals surface area contributed by atoms with Gasteiger partial charge in [0.15, 0.2) is 5.82 Å². The van der Waals surface area contributed by atoms with Crippen LogP contribution in [0.5, 0.6) is 0 Å². The SMILES string of the molecule is CCCc1c(F)n(C(=O)C2CCCCC2)c(=O)n1Cc1ccc(-c2ccccc2-c2nnn[nH]2)cc1. The Kier molecular flexibility index (Phi) is 6.88. The van der Waals surface area contributed by atoms with E-state index in [1.165, 1.54) is 4.57 Å². The van der Waals surface area contributed by atoms with E-state index < -0.39 is 17.5 Å². The normalized spacial score (nSPS) is 14.3. The highest BCUT2D eigenvalue weighted by molar-refractivity contribution is 5.82. The van der Waals surface area contributed by atoms with Gasteiger partial charge in [0.05, 0.1) is 12.2 Å². The van der Waals surface area contributed by atoms with E-state index in [4.69, 9.17) is 0 Å². The zero-order chi connectivity index (χ0) is 25.1. The van der Waals surface area contributed by atoms with Crippen molar-refractivity contribution in [3.05, 3.63) is 76.2 Å². The summed E-state index contributed by atoms with van der Waals surface area (Å²) in [7, 11) is 0. The van der Waals surface area contributed by atoms with E-state index in [-0.39, 0.29) is 12.5 Å². The molecule has 9 heteroatoms. The number of hydrogen-bond acceptors (Lipinski definition) is 5. The molecule has 1 saturated carbocycles. The van der Waals surface area contributed by atoms with Gasteiger partial charge in [0.25, 0.3) is 0 Å². The second-order valence-corrected chi connectivity index (χ2v) is 9.36. The molecule has 1 N–H and O–H groups in total. The highest BCUT2D eigenvalue weighted by Crippen LogP contribution is 2.30. The lowest BCUT2D eigenvalue weighted by Gasteiger charge is -2.19. The Morgan fingerprint density at radius 1 is 1.06 bits per heavy atom. The number of nitrogens with one attached hydrogen (secondary N) is 1. The highest BCUT2D eigenvalue weighted by atomic mass is 19.1. The van der Waals surface area contributed by atoms with Gasteiger partial charge in [0.1, 0.15) is 0 Å². The summed E-state index contributed by atoms with van der Waals surface area (Å²) in [6.45, 7) is 2.13. The maximum Gasteiger partial charge on any atom is 0.337 e. The summed E-state index contributed by atoms with van der Waals surface area (Å²) in [5.41, 5.74) is 3.35. The minimum absolute atomic E-state index is 0.198. The Balaban J connectivity index is 1.45. The van der Waals surface area contributed by atoms with E-state index >= 15 is 4.39 Å². The number of tetrazole rings is 1. The molecule has 2 heterocycles. The fourth-order valence-electron chi connectivity index (χ4n) is 5.11. The van der Waals surface area contributed by atoms with Crippen LogP contribution in [0.1, 0.15) is 61.5 Å². The topological polar surface area (TPSA) is 98.5 Å². The monoisotopic (exact) mass is 488 g/mol. The van der Waals surface area contributed by atoms with Gasteiger partial charge in [-0.15, -0.1) is 5.10 Å². The molecule has 4 aromatic rings. The third-order valence-electron chi connectivity index (χ3n) is 6.98. The van der Waals surface area contributed by atoms with Gasteiger partial charge < -0.3 is 0 Å². The number of imidazole rings is 1. The zero-order valence-corrected chi connectivity index (χ0v) is 20.3. The first-order valence-electron chi connectivity index (χ1n) is 12.5. The number of carbonyl (C=O) groups excluding carboxylic acids is 1. The molecule has 2 aromatic carbocycles. The van der Waals surface area contributed by atoms with Crippen molar-refractivity contribution in [1.82, 2.24) is 29.8 Å². The maximum absolute atomic E-state index is 15.4. The molecule has 8 nitrogen and oxygen atoms in total. The van der Waals surface area contributed by atoms with Gasteiger partial charge in [-0.25, -0.2) is 14.5 Å². The predicted octanol–water partition coefficient (Wildman–Crippen LogP) is 4.86. The summed E-state index contributed by atoms with van der Waals surface area (Å²) in [5.74, 6) is -0.814. The van der Waals surface area contributed by atoms with Crippen LogP contribution < -0.4 is 5.69 Å². The van der Waals surface area contributed by atoms with Crippen LogP contribution in [-0.2, 0) is 13.0 Å². The number of aromatic amines is 1. The van der Waals surface area contributed by atoms with Crippen LogP contribution in [0.3, 0.4) is 0 Å². The molecule has 1 fully saturated rings. The fraction of sp³-hybridized carbons (Fsp3) is 0.370. The second kappa shape index (κ2) is 10.4. The highest BCUT2D eigenvalue weighted by Gasteiger charge is 2.29. The van der Waals surface area contributed by atoms with Crippen LogP contribution in [0, 0.1) is 11.9 Å². The number of H-pyrrole nitrogens is 1. The lowest BCUT2D eigenvalue weighted by atomic mass is 9.88. The van der Waals surface area contributed by atoms with Gasteiger partial charge in [-0.3, -0.25) is 9.36 Å². The molecule has 36 heavy (non-hydrogen) atoms. The molecule has 0 radical (unpaired) electrons. The van der Waals surface area contributed by atoms with Crippen LogP contribution in [0.25, 0.3) is 22.5 Å². The molecule has 5 rings (SSSR count). The van der Waals surface area contributed by atoms with Crippen LogP contribution in [-0.4, -0.2) is 35.7 Å². The molecule has 0 atom stereocenters. The minimum Gasteiger partial charge on any atom is -0.288 e. The first kappa shape index (κ1) is 23.8. The minimum atomic E-state index is -0.705. The third-order valence-corrected chi connectivity index (χ3v) is 6.98. The molecule has 0 aliphatic heterocycles. The number of nitrogens with zero attached hydrogens (tertiary/aromatic N) is 5. The van der Waals surface area contributed by atoms with Crippen molar-refractivity contribution in [1.29, 1.82) is 0 Å². The van der Waals surface area contributed by atoms with E-state index in [1.807, 2.05) is 55.5 Å². The summed E-state index contributed by atoms with van der Waals surface area (Å²) in [6.07, 6.45) is 5.46. The average molecular weight is 489 g/mol. The molecule has 1 aliphatic carbocycles. The standard InChI is InChI=1S/C27H29FN6O2/c1-2-8-23-24(28)34(26(35)20-9-4-3-5-10-20)27(36)33(23)17-18-13-15-19(16-14-18)21-11-6-7-12-22(21)25-29-31-32-30-25/h6-7,11-16,20H,2-5,8-10,17H2,1H3,(H,29,30,31,32). The predicted molar refractivity (Wildman–Crippen MR) is 134 cm³/mol. The van der Waals surface area contributed by atoms with E-state index in [2.05, 4.69) is 20.6 Å². The van der Waals surface area contributed by atoms with Crippen molar-refractivity contribution in [2.24, 2.45) is 5.92 Å². The summed E-state index contributed by atoms with van der Waals surface area (Å²) >= 11 is 0. The van der Waals surface area contributed by atoms with E-state index in [0.717, 1.165) is 46.1 Å². The largest absolute Gasteiger partial charge is 0.337 e. The molecule has 0 unspecified atom stereocenters. The van der Waals surface area contributed by atoms with Crippen molar-refractivity contribution < 1.29 is 9.18 Å². The first-order chi connectivity index (χ1) is 17.6.